The molecular weight excluding hydrogens is 500 g/mol. The summed E-state index contributed by atoms with van der Waals surface area (Å²) in [6, 6.07) is 17.0. The molecule has 1 saturated heterocycles. The number of nitrogens with two attached hydrogens (primary N) is 1. The molecule has 5 aromatic rings. The van der Waals surface area contributed by atoms with Gasteiger partial charge in [-0.1, -0.05) is 54.2 Å². The largest absolute Gasteiger partial charge is 0.354 e. The van der Waals surface area contributed by atoms with Gasteiger partial charge in [0.2, 0.25) is 0 Å². The molecule has 2 aromatic carbocycles. The van der Waals surface area contributed by atoms with E-state index in [1.807, 2.05) is 13.8 Å². The summed E-state index contributed by atoms with van der Waals surface area (Å²) in [6.45, 7) is 8.93. The minimum atomic E-state index is -0.153. The summed E-state index contributed by atoms with van der Waals surface area (Å²) >= 11 is 3.13. The van der Waals surface area contributed by atoms with Gasteiger partial charge in [-0.15, -0.1) is 11.3 Å². The first-order chi connectivity index (χ1) is 18.0. The summed E-state index contributed by atoms with van der Waals surface area (Å²) in [7, 11) is 0. The number of fused-ring (bicyclic) bond motifs is 4. The molecule has 7 nitrogen and oxygen atoms in total. The van der Waals surface area contributed by atoms with Crippen LogP contribution in [0.3, 0.4) is 0 Å². The van der Waals surface area contributed by atoms with Crippen LogP contribution < -0.4 is 16.3 Å². The molecule has 0 aliphatic carbocycles. The van der Waals surface area contributed by atoms with Gasteiger partial charge in [0.15, 0.2) is 5.16 Å². The van der Waals surface area contributed by atoms with Gasteiger partial charge < -0.3 is 10.7 Å². The van der Waals surface area contributed by atoms with Gasteiger partial charge in [-0.3, -0.25) is 9.69 Å². The molecule has 0 atom stereocenters. The van der Waals surface area contributed by atoms with E-state index in [1.165, 1.54) is 20.8 Å². The summed E-state index contributed by atoms with van der Waals surface area (Å²) in [5.74, 6) is 8.06. The molecule has 0 unspecified atom stereocenters. The van der Waals surface area contributed by atoms with E-state index in [1.54, 1.807) is 23.1 Å². The van der Waals surface area contributed by atoms with Crippen molar-refractivity contribution in [1.82, 2.24) is 19.5 Å². The molecule has 0 spiro atoms. The second kappa shape index (κ2) is 9.96. The van der Waals surface area contributed by atoms with Crippen LogP contribution in [-0.4, -0.2) is 58.0 Å². The van der Waals surface area contributed by atoms with Gasteiger partial charge in [-0.25, -0.2) is 14.6 Å². The number of hydrogen-bond donors (Lipinski definition) is 1. The highest BCUT2D eigenvalue weighted by Crippen LogP contribution is 2.32. The Kier molecular flexibility index (Phi) is 6.52. The van der Waals surface area contributed by atoms with Crippen LogP contribution in [0.1, 0.15) is 16.9 Å². The number of aryl methyl sites for hydroxylation is 2. The van der Waals surface area contributed by atoms with Crippen molar-refractivity contribution in [1.29, 1.82) is 0 Å². The Morgan fingerprint density at radius 2 is 1.65 bits per heavy atom. The van der Waals surface area contributed by atoms with Crippen LogP contribution >= 0.6 is 23.1 Å². The molecule has 190 valence electrons. The van der Waals surface area contributed by atoms with Crippen LogP contribution in [0.25, 0.3) is 31.9 Å². The molecule has 6 rings (SSSR count). The van der Waals surface area contributed by atoms with Crippen LogP contribution in [0.5, 0.6) is 0 Å². The summed E-state index contributed by atoms with van der Waals surface area (Å²) in [6.07, 6.45) is 1.01. The van der Waals surface area contributed by atoms with Gasteiger partial charge in [-0.05, 0) is 43.8 Å². The Morgan fingerprint density at radius 1 is 0.946 bits per heavy atom. The first-order valence-corrected chi connectivity index (χ1v) is 14.5. The predicted molar refractivity (Wildman–Crippen MR) is 157 cm³/mol. The van der Waals surface area contributed by atoms with Crippen molar-refractivity contribution in [3.8, 4) is 0 Å². The SMILES string of the molecule is Cc1sc2nc(SCCCN3CCN(c4nc5ccccc5c5ccccc45)CC3)n(N)c(=O)c2c1C. The molecule has 4 heterocycles. The number of nitrogen functional groups attached to an aromatic ring is 1. The number of piperazine rings is 1. The number of nitrogens with zero attached hydrogens (tertiary/aromatic N) is 5. The molecular formula is C28H30N6OS2. The Hall–Kier alpha value is -3.14. The Balaban J connectivity index is 1.08. The van der Waals surface area contributed by atoms with Crippen LogP contribution in [0, 0.1) is 13.8 Å². The normalized spacial score (nSPS) is 14.8. The zero-order valence-electron chi connectivity index (χ0n) is 21.1. The number of hydrogen-bond acceptors (Lipinski definition) is 8. The van der Waals surface area contributed by atoms with Crippen LogP contribution in [0.4, 0.5) is 5.82 Å². The molecule has 0 saturated carbocycles. The fourth-order valence-corrected chi connectivity index (χ4v) is 7.06. The maximum atomic E-state index is 12.7. The second-order valence-corrected chi connectivity index (χ2v) is 11.8. The lowest BCUT2D eigenvalue weighted by Gasteiger charge is -2.36. The summed E-state index contributed by atoms with van der Waals surface area (Å²) in [5.41, 5.74) is 1.88. The van der Waals surface area contributed by atoms with Gasteiger partial charge >= 0.3 is 0 Å². The molecule has 1 fully saturated rings. The van der Waals surface area contributed by atoms with E-state index in [2.05, 4.69) is 63.3 Å². The molecule has 1 aliphatic heterocycles. The average molecular weight is 531 g/mol. The Morgan fingerprint density at radius 3 is 2.43 bits per heavy atom. The number of pyridine rings is 1. The molecule has 2 N–H and O–H groups in total. The number of aromatic nitrogens is 3. The topological polar surface area (TPSA) is 80.3 Å². The van der Waals surface area contributed by atoms with Crippen molar-refractivity contribution in [2.75, 3.05) is 49.2 Å². The second-order valence-electron chi connectivity index (χ2n) is 9.56. The molecule has 0 amide bonds. The third kappa shape index (κ3) is 4.45. The van der Waals surface area contributed by atoms with Gasteiger partial charge in [0.25, 0.3) is 5.56 Å². The first-order valence-electron chi connectivity index (χ1n) is 12.7. The monoisotopic (exact) mass is 530 g/mol. The lowest BCUT2D eigenvalue weighted by molar-refractivity contribution is 0.259. The zero-order valence-corrected chi connectivity index (χ0v) is 22.7. The maximum Gasteiger partial charge on any atom is 0.281 e. The molecule has 9 heteroatoms. The quantitative estimate of drug-likeness (QED) is 0.111. The van der Waals surface area contributed by atoms with Crippen molar-refractivity contribution in [3.63, 3.8) is 0 Å². The van der Waals surface area contributed by atoms with E-state index in [0.717, 1.165) is 71.5 Å². The highest BCUT2D eigenvalue weighted by Gasteiger charge is 2.21. The van der Waals surface area contributed by atoms with Crippen LogP contribution in [0.15, 0.2) is 58.5 Å². The zero-order chi connectivity index (χ0) is 25.5. The first kappa shape index (κ1) is 24.2. The fraction of sp³-hybridized carbons (Fsp3) is 0.321. The highest BCUT2D eigenvalue weighted by atomic mass is 32.2. The fourth-order valence-electron chi connectivity index (χ4n) is 5.15. The number of rotatable bonds is 6. The molecule has 1 aliphatic rings. The molecule has 0 radical (unpaired) electrons. The molecule has 3 aromatic heterocycles. The third-order valence-corrected chi connectivity index (χ3v) is 9.45. The van der Waals surface area contributed by atoms with E-state index in [4.69, 9.17) is 10.8 Å². The highest BCUT2D eigenvalue weighted by molar-refractivity contribution is 7.99. The summed E-state index contributed by atoms with van der Waals surface area (Å²) in [5, 5.41) is 4.94. The van der Waals surface area contributed by atoms with Gasteiger partial charge in [0.1, 0.15) is 10.6 Å². The van der Waals surface area contributed by atoms with Crippen molar-refractivity contribution >= 4 is 60.8 Å². The number of anilines is 1. The number of thioether (sulfide) groups is 1. The van der Waals surface area contributed by atoms with Crippen molar-refractivity contribution in [3.05, 3.63) is 69.3 Å². The van der Waals surface area contributed by atoms with E-state index in [-0.39, 0.29) is 5.56 Å². The minimum absolute atomic E-state index is 0.153. The van der Waals surface area contributed by atoms with Gasteiger partial charge in [-0.2, -0.15) is 0 Å². The standard InChI is InChI=1S/C28H30N6OS2/c1-18-19(2)37-26-24(18)27(35)34(29)28(31-26)36-17-7-12-32-13-15-33(16-14-32)25-22-10-4-3-8-20(22)21-9-5-6-11-23(21)30-25/h3-6,8-11H,7,12-17,29H2,1-2H3. The lowest BCUT2D eigenvalue weighted by Crippen LogP contribution is -2.47. The van der Waals surface area contributed by atoms with E-state index >= 15 is 0 Å². The van der Waals surface area contributed by atoms with Crippen LogP contribution in [0.2, 0.25) is 0 Å². The number of benzene rings is 2. The third-order valence-electron chi connectivity index (χ3n) is 7.31. The van der Waals surface area contributed by atoms with E-state index < -0.39 is 0 Å². The van der Waals surface area contributed by atoms with E-state index in [9.17, 15) is 4.79 Å². The van der Waals surface area contributed by atoms with Crippen molar-refractivity contribution < 1.29 is 0 Å². The number of thiophene rings is 1. The minimum Gasteiger partial charge on any atom is -0.354 e. The maximum absolute atomic E-state index is 12.7. The lowest BCUT2D eigenvalue weighted by atomic mass is 10.1. The number of para-hydroxylation sites is 1. The summed E-state index contributed by atoms with van der Waals surface area (Å²) < 4.78 is 1.21. The van der Waals surface area contributed by atoms with Crippen LogP contribution in [-0.2, 0) is 0 Å². The van der Waals surface area contributed by atoms with Gasteiger partial charge in [0, 0.05) is 47.6 Å². The summed E-state index contributed by atoms with van der Waals surface area (Å²) in [4.78, 5) is 29.3. The average Bonchev–Trinajstić information content (AvgIpc) is 3.22. The van der Waals surface area contributed by atoms with Crippen molar-refractivity contribution in [2.45, 2.75) is 25.4 Å². The van der Waals surface area contributed by atoms with E-state index in [0.29, 0.717) is 10.5 Å². The molecule has 37 heavy (non-hydrogen) atoms. The Bertz CT molecular complexity index is 1670. The Labute approximate surface area is 223 Å². The van der Waals surface area contributed by atoms with Gasteiger partial charge in [0.05, 0.1) is 10.9 Å². The van der Waals surface area contributed by atoms with Crippen molar-refractivity contribution in [2.24, 2.45) is 0 Å². The molecule has 0 bridgehead atoms. The smallest absolute Gasteiger partial charge is 0.281 e. The predicted octanol–water partition coefficient (Wildman–Crippen LogP) is 4.79.